The lowest BCUT2D eigenvalue weighted by Gasteiger charge is -2.13. The van der Waals surface area contributed by atoms with Crippen LogP contribution in [0.2, 0.25) is 0 Å². The fraction of sp³-hybridized carbons (Fsp3) is 0.0364. The van der Waals surface area contributed by atoms with Gasteiger partial charge in [-0.1, -0.05) is 141 Å². The van der Waals surface area contributed by atoms with E-state index in [9.17, 15) is 0 Å². The Morgan fingerprint density at radius 3 is 1.69 bits per heavy atom. The van der Waals surface area contributed by atoms with Crippen molar-refractivity contribution in [2.45, 2.75) is 13.8 Å². The molecular formula is C55H36N4O2. The molecule has 13 rings (SSSR count). The van der Waals surface area contributed by atoms with Gasteiger partial charge in [-0.2, -0.15) is 9.97 Å². The molecule has 0 aliphatic heterocycles. The maximum atomic E-state index is 6.37. The van der Waals surface area contributed by atoms with Crippen molar-refractivity contribution < 1.29 is 8.83 Å². The third kappa shape index (κ3) is 5.53. The summed E-state index contributed by atoms with van der Waals surface area (Å²) in [7, 11) is 0. The number of fused-ring (bicyclic) bond motifs is 11. The third-order valence-electron chi connectivity index (χ3n) is 11.8. The molecule has 4 heterocycles. The SMILES string of the molecule is CC.c1ccc2cc(-c3nc(-c4ccc5c(c4)oc4ccccc45)nc(-n4c5cc6ccccc6cc5c5cccc(-c6ccc7oc8ccccc8c7c6)c54)n3)ccc2c1. The average molecular weight is 785 g/mol. The Hall–Kier alpha value is -8.09. The fourth-order valence-electron chi connectivity index (χ4n) is 9.00. The molecule has 288 valence electrons. The lowest BCUT2D eigenvalue weighted by molar-refractivity contribution is 0.668. The highest BCUT2D eigenvalue weighted by Crippen LogP contribution is 2.42. The molecule has 0 radical (unpaired) electrons. The molecule has 0 spiro atoms. The highest BCUT2D eigenvalue weighted by molar-refractivity contribution is 6.17. The predicted molar refractivity (Wildman–Crippen MR) is 251 cm³/mol. The smallest absolute Gasteiger partial charge is 0.238 e. The topological polar surface area (TPSA) is 69.9 Å². The van der Waals surface area contributed by atoms with E-state index in [0.717, 1.165) is 104 Å². The van der Waals surface area contributed by atoms with Gasteiger partial charge in [-0.25, -0.2) is 4.98 Å². The van der Waals surface area contributed by atoms with Crippen molar-refractivity contribution >= 4 is 87.2 Å². The summed E-state index contributed by atoms with van der Waals surface area (Å²) < 4.78 is 14.9. The summed E-state index contributed by atoms with van der Waals surface area (Å²) in [5, 5.41) is 11.1. The Labute approximate surface area is 350 Å². The second kappa shape index (κ2) is 13.8. The van der Waals surface area contributed by atoms with Crippen molar-refractivity contribution in [3.8, 4) is 39.9 Å². The Bertz CT molecular complexity index is 3870. The lowest BCUT2D eigenvalue weighted by Crippen LogP contribution is -2.07. The predicted octanol–water partition coefficient (Wildman–Crippen LogP) is 15.1. The molecule has 6 nitrogen and oxygen atoms in total. The minimum atomic E-state index is 0.528. The normalized spacial score (nSPS) is 11.8. The van der Waals surface area contributed by atoms with Crippen LogP contribution in [0.25, 0.3) is 127 Å². The van der Waals surface area contributed by atoms with Crippen molar-refractivity contribution in [1.82, 2.24) is 19.5 Å². The molecule has 0 aliphatic rings. The molecule has 0 bridgehead atoms. The Morgan fingerprint density at radius 2 is 0.918 bits per heavy atom. The number of benzene rings is 9. The molecule has 0 fully saturated rings. The van der Waals surface area contributed by atoms with Crippen LogP contribution in [0.5, 0.6) is 0 Å². The first-order chi connectivity index (χ1) is 30.2. The second-order valence-corrected chi connectivity index (χ2v) is 15.2. The zero-order valence-electron chi connectivity index (χ0n) is 33.4. The van der Waals surface area contributed by atoms with E-state index in [1.54, 1.807) is 0 Å². The van der Waals surface area contributed by atoms with Crippen LogP contribution in [0, 0.1) is 0 Å². The van der Waals surface area contributed by atoms with Crippen LogP contribution in [0.4, 0.5) is 0 Å². The summed E-state index contributed by atoms with van der Waals surface area (Å²) in [5.74, 6) is 1.67. The summed E-state index contributed by atoms with van der Waals surface area (Å²) in [6.45, 7) is 4.00. The van der Waals surface area contributed by atoms with Gasteiger partial charge in [0.25, 0.3) is 0 Å². The van der Waals surface area contributed by atoms with Gasteiger partial charge < -0.3 is 8.83 Å². The van der Waals surface area contributed by atoms with Crippen LogP contribution < -0.4 is 0 Å². The molecule has 0 aliphatic carbocycles. The van der Waals surface area contributed by atoms with Gasteiger partial charge in [0.05, 0.1) is 11.0 Å². The minimum Gasteiger partial charge on any atom is -0.456 e. The first kappa shape index (κ1) is 34.9. The third-order valence-corrected chi connectivity index (χ3v) is 11.8. The van der Waals surface area contributed by atoms with Gasteiger partial charge in [0.15, 0.2) is 11.6 Å². The van der Waals surface area contributed by atoms with E-state index in [2.05, 4.69) is 150 Å². The number of para-hydroxylation sites is 3. The molecule has 61 heavy (non-hydrogen) atoms. The standard InChI is InChI=1S/C53H30N4O2.C2H6/c1-2-11-32-26-36(21-20-31(32)10-1)51-54-52(37-22-24-41-39-14-5-7-18-46(39)59-49(41)30-37)56-53(55-51)57-45-29-34-13-4-3-12-33(34)27-43(45)42-17-9-16-38(50(42)57)35-23-25-48-44(28-35)40-15-6-8-19-47(40)58-48;1-2/h1-30H;1-2H3. The second-order valence-electron chi connectivity index (χ2n) is 15.2. The molecule has 0 atom stereocenters. The maximum absolute atomic E-state index is 6.37. The van der Waals surface area contributed by atoms with Crippen molar-refractivity contribution in [2.75, 3.05) is 0 Å². The van der Waals surface area contributed by atoms with Gasteiger partial charge in [-0.15, -0.1) is 0 Å². The molecule has 0 saturated heterocycles. The number of hydrogen-bond acceptors (Lipinski definition) is 5. The fourth-order valence-corrected chi connectivity index (χ4v) is 9.00. The van der Waals surface area contributed by atoms with Gasteiger partial charge in [-0.3, -0.25) is 4.57 Å². The monoisotopic (exact) mass is 784 g/mol. The van der Waals surface area contributed by atoms with E-state index >= 15 is 0 Å². The van der Waals surface area contributed by atoms with Gasteiger partial charge in [0.2, 0.25) is 5.95 Å². The van der Waals surface area contributed by atoms with E-state index in [1.807, 2.05) is 50.2 Å². The summed E-state index contributed by atoms with van der Waals surface area (Å²) in [6, 6.07) is 63.5. The first-order valence-corrected chi connectivity index (χ1v) is 20.8. The summed E-state index contributed by atoms with van der Waals surface area (Å²) in [6.07, 6.45) is 0. The summed E-state index contributed by atoms with van der Waals surface area (Å²) in [5.41, 5.74) is 9.26. The van der Waals surface area contributed by atoms with E-state index in [0.29, 0.717) is 17.6 Å². The molecule has 6 heteroatoms. The number of furan rings is 2. The van der Waals surface area contributed by atoms with Crippen molar-refractivity contribution in [3.05, 3.63) is 182 Å². The number of rotatable bonds is 4. The highest BCUT2D eigenvalue weighted by Gasteiger charge is 2.22. The largest absolute Gasteiger partial charge is 0.456 e. The van der Waals surface area contributed by atoms with Crippen LogP contribution in [0.15, 0.2) is 191 Å². The molecule has 13 aromatic rings. The molecule has 0 N–H and O–H groups in total. The highest BCUT2D eigenvalue weighted by atomic mass is 16.3. The Kier molecular flexibility index (Phi) is 7.87. The molecule has 0 saturated carbocycles. The molecule has 4 aromatic heterocycles. The van der Waals surface area contributed by atoms with Crippen molar-refractivity contribution in [3.63, 3.8) is 0 Å². The molecule has 0 unspecified atom stereocenters. The molecule has 0 amide bonds. The molecular weight excluding hydrogens is 749 g/mol. The zero-order valence-corrected chi connectivity index (χ0v) is 33.4. The Balaban J connectivity index is 0.00000197. The lowest BCUT2D eigenvalue weighted by atomic mass is 9.99. The summed E-state index contributed by atoms with van der Waals surface area (Å²) >= 11 is 0. The summed E-state index contributed by atoms with van der Waals surface area (Å²) in [4.78, 5) is 16.0. The number of hydrogen-bond donors (Lipinski definition) is 0. The quantitative estimate of drug-likeness (QED) is 0.178. The first-order valence-electron chi connectivity index (χ1n) is 20.8. The van der Waals surface area contributed by atoms with Crippen LogP contribution in [0.1, 0.15) is 13.8 Å². The molecule has 9 aromatic carbocycles. The van der Waals surface area contributed by atoms with Gasteiger partial charge in [0, 0.05) is 49.0 Å². The van der Waals surface area contributed by atoms with Crippen LogP contribution in [-0.4, -0.2) is 19.5 Å². The van der Waals surface area contributed by atoms with Crippen molar-refractivity contribution in [2.24, 2.45) is 0 Å². The minimum absolute atomic E-state index is 0.528. The maximum Gasteiger partial charge on any atom is 0.238 e. The van der Waals surface area contributed by atoms with Gasteiger partial charge in [0.1, 0.15) is 22.3 Å². The van der Waals surface area contributed by atoms with Crippen LogP contribution in [0.3, 0.4) is 0 Å². The van der Waals surface area contributed by atoms with Crippen LogP contribution >= 0.6 is 0 Å². The number of aromatic nitrogens is 4. The Morgan fingerprint density at radius 1 is 0.361 bits per heavy atom. The average Bonchev–Trinajstić information content (AvgIpc) is 4.00. The van der Waals surface area contributed by atoms with E-state index < -0.39 is 0 Å². The van der Waals surface area contributed by atoms with Crippen LogP contribution in [-0.2, 0) is 0 Å². The number of nitrogens with zero attached hydrogens (tertiary/aromatic N) is 4. The van der Waals surface area contributed by atoms with E-state index in [-0.39, 0.29) is 0 Å². The van der Waals surface area contributed by atoms with E-state index in [1.165, 1.54) is 5.39 Å². The van der Waals surface area contributed by atoms with E-state index in [4.69, 9.17) is 23.8 Å². The zero-order chi connectivity index (χ0) is 40.6. The van der Waals surface area contributed by atoms with Crippen molar-refractivity contribution in [1.29, 1.82) is 0 Å². The van der Waals surface area contributed by atoms with Gasteiger partial charge in [-0.05, 0) is 81.7 Å². The van der Waals surface area contributed by atoms with Gasteiger partial charge >= 0.3 is 0 Å².